The summed E-state index contributed by atoms with van der Waals surface area (Å²) in [6, 6.07) is 15.5. The summed E-state index contributed by atoms with van der Waals surface area (Å²) in [6.45, 7) is 1.74. The van der Waals surface area contributed by atoms with Gasteiger partial charge in [-0.1, -0.05) is 24.3 Å². The molecule has 2 amide bonds. The first-order valence-corrected chi connectivity index (χ1v) is 9.27. The van der Waals surface area contributed by atoms with E-state index in [9.17, 15) is 9.59 Å². The lowest BCUT2D eigenvalue weighted by Gasteiger charge is -2.12. The van der Waals surface area contributed by atoms with E-state index in [2.05, 4.69) is 10.6 Å². The van der Waals surface area contributed by atoms with Crippen molar-refractivity contribution in [2.45, 2.75) is 6.92 Å². The van der Waals surface area contributed by atoms with E-state index in [-0.39, 0.29) is 24.2 Å². The van der Waals surface area contributed by atoms with Gasteiger partial charge in [-0.05, 0) is 55.0 Å². The second-order valence-corrected chi connectivity index (χ2v) is 6.26. The van der Waals surface area contributed by atoms with E-state index in [0.29, 0.717) is 22.9 Å². The van der Waals surface area contributed by atoms with Crippen LogP contribution in [0.15, 0.2) is 71.4 Å². The van der Waals surface area contributed by atoms with Crippen LogP contribution in [-0.2, 0) is 4.79 Å². The molecule has 7 heteroatoms. The molecule has 0 saturated carbocycles. The molecule has 0 saturated heterocycles. The van der Waals surface area contributed by atoms with Gasteiger partial charge in [-0.3, -0.25) is 9.59 Å². The van der Waals surface area contributed by atoms with Crippen LogP contribution in [0.5, 0.6) is 11.5 Å². The zero-order valence-corrected chi connectivity index (χ0v) is 16.7. The summed E-state index contributed by atoms with van der Waals surface area (Å²) < 4.78 is 16.0. The predicted octanol–water partition coefficient (Wildman–Crippen LogP) is 4.59. The van der Waals surface area contributed by atoms with Crippen LogP contribution in [0, 0.1) is 0 Å². The van der Waals surface area contributed by atoms with Crippen LogP contribution in [-0.4, -0.2) is 25.5 Å². The van der Waals surface area contributed by atoms with Crippen molar-refractivity contribution in [1.29, 1.82) is 0 Å². The maximum atomic E-state index is 12.3. The molecule has 3 aromatic rings. The summed E-state index contributed by atoms with van der Waals surface area (Å²) in [5.74, 6) is 0.498. The standard InChI is InChI=1S/C23H22N2O5/c1-3-6-16-10-11-19(21(13-16)28-2)30-15-22(26)24-17-7-4-8-18(14-17)25-23(27)20-9-5-12-29-20/h3-14H,15H2,1-2H3,(H,24,26)(H,25,27)/b6-3+. The zero-order chi connectivity index (χ0) is 21.3. The summed E-state index contributed by atoms with van der Waals surface area (Å²) in [4.78, 5) is 24.3. The van der Waals surface area contributed by atoms with Crippen molar-refractivity contribution in [3.05, 3.63) is 78.3 Å². The smallest absolute Gasteiger partial charge is 0.291 e. The van der Waals surface area contributed by atoms with Gasteiger partial charge < -0.3 is 24.5 Å². The van der Waals surface area contributed by atoms with Gasteiger partial charge in [0, 0.05) is 11.4 Å². The molecule has 3 rings (SSSR count). The Morgan fingerprint density at radius 3 is 2.50 bits per heavy atom. The molecule has 0 aliphatic rings. The van der Waals surface area contributed by atoms with E-state index in [0.717, 1.165) is 5.56 Å². The number of hydrogen-bond donors (Lipinski definition) is 2. The van der Waals surface area contributed by atoms with Crippen molar-refractivity contribution in [2.75, 3.05) is 24.4 Å². The number of allylic oxidation sites excluding steroid dienone is 1. The van der Waals surface area contributed by atoms with Crippen LogP contribution >= 0.6 is 0 Å². The van der Waals surface area contributed by atoms with Crippen molar-refractivity contribution in [2.24, 2.45) is 0 Å². The molecule has 0 atom stereocenters. The number of amides is 2. The number of methoxy groups -OCH3 is 1. The van der Waals surface area contributed by atoms with Crippen molar-refractivity contribution < 1.29 is 23.5 Å². The summed E-state index contributed by atoms with van der Waals surface area (Å²) in [5.41, 5.74) is 2.02. The number of rotatable bonds is 8. The Labute approximate surface area is 174 Å². The fourth-order valence-electron chi connectivity index (χ4n) is 2.72. The molecule has 2 N–H and O–H groups in total. The molecular weight excluding hydrogens is 384 g/mol. The van der Waals surface area contributed by atoms with Crippen LogP contribution in [0.4, 0.5) is 11.4 Å². The zero-order valence-electron chi connectivity index (χ0n) is 16.7. The Morgan fingerprint density at radius 2 is 1.80 bits per heavy atom. The van der Waals surface area contributed by atoms with E-state index >= 15 is 0 Å². The molecule has 7 nitrogen and oxygen atoms in total. The van der Waals surface area contributed by atoms with E-state index < -0.39 is 0 Å². The van der Waals surface area contributed by atoms with Gasteiger partial charge in [0.25, 0.3) is 11.8 Å². The van der Waals surface area contributed by atoms with Crippen molar-refractivity contribution in [1.82, 2.24) is 0 Å². The molecule has 2 aromatic carbocycles. The highest BCUT2D eigenvalue weighted by Crippen LogP contribution is 2.28. The van der Waals surface area contributed by atoms with Crippen molar-refractivity contribution >= 4 is 29.3 Å². The Bertz CT molecular complexity index is 1040. The molecule has 0 unspecified atom stereocenters. The molecule has 0 aliphatic carbocycles. The summed E-state index contributed by atoms with van der Waals surface area (Å²) in [6.07, 6.45) is 5.29. The van der Waals surface area contributed by atoms with E-state index in [1.165, 1.54) is 6.26 Å². The van der Waals surface area contributed by atoms with E-state index in [1.807, 2.05) is 31.2 Å². The summed E-state index contributed by atoms with van der Waals surface area (Å²) in [5, 5.41) is 5.45. The Balaban J connectivity index is 1.58. The van der Waals surface area contributed by atoms with Gasteiger partial charge in [0.2, 0.25) is 0 Å². The van der Waals surface area contributed by atoms with Gasteiger partial charge in [-0.15, -0.1) is 0 Å². The van der Waals surface area contributed by atoms with Crippen LogP contribution < -0.4 is 20.1 Å². The maximum Gasteiger partial charge on any atom is 0.291 e. The summed E-state index contributed by atoms with van der Waals surface area (Å²) >= 11 is 0. The highest BCUT2D eigenvalue weighted by Gasteiger charge is 2.11. The van der Waals surface area contributed by atoms with Gasteiger partial charge in [0.15, 0.2) is 23.9 Å². The molecule has 0 spiro atoms. The number of anilines is 2. The van der Waals surface area contributed by atoms with Gasteiger partial charge in [0.05, 0.1) is 13.4 Å². The number of carbonyl (C=O) groups excluding carboxylic acids is 2. The number of ether oxygens (including phenoxy) is 2. The number of nitrogens with one attached hydrogen (secondary N) is 2. The quantitative estimate of drug-likeness (QED) is 0.571. The largest absolute Gasteiger partial charge is 0.493 e. The first-order valence-electron chi connectivity index (χ1n) is 9.27. The van der Waals surface area contributed by atoms with Gasteiger partial charge in [-0.25, -0.2) is 0 Å². The average Bonchev–Trinajstić information content (AvgIpc) is 3.28. The monoisotopic (exact) mass is 406 g/mol. The minimum absolute atomic E-state index is 0.192. The first-order chi connectivity index (χ1) is 14.6. The molecular formula is C23H22N2O5. The first kappa shape index (κ1) is 20.7. The number of hydrogen-bond acceptors (Lipinski definition) is 5. The fraction of sp³-hybridized carbons (Fsp3) is 0.130. The molecule has 1 aromatic heterocycles. The van der Waals surface area contributed by atoms with Crippen LogP contribution in [0.25, 0.3) is 6.08 Å². The minimum atomic E-state index is -0.375. The second kappa shape index (κ2) is 9.97. The van der Waals surface area contributed by atoms with Crippen molar-refractivity contribution in [3.63, 3.8) is 0 Å². The molecule has 154 valence electrons. The average molecular weight is 406 g/mol. The lowest BCUT2D eigenvalue weighted by atomic mass is 10.2. The number of furan rings is 1. The molecule has 0 bridgehead atoms. The topological polar surface area (TPSA) is 89.8 Å². The van der Waals surface area contributed by atoms with Crippen LogP contribution in [0.2, 0.25) is 0 Å². The third kappa shape index (κ3) is 5.51. The normalized spacial score (nSPS) is 10.6. The molecule has 1 heterocycles. The highest BCUT2D eigenvalue weighted by atomic mass is 16.5. The van der Waals surface area contributed by atoms with E-state index in [4.69, 9.17) is 13.9 Å². The molecule has 0 aliphatic heterocycles. The molecule has 0 fully saturated rings. The molecule has 30 heavy (non-hydrogen) atoms. The Kier molecular flexibility index (Phi) is 6.89. The van der Waals surface area contributed by atoms with Gasteiger partial charge in [0.1, 0.15) is 0 Å². The fourth-order valence-corrected chi connectivity index (χ4v) is 2.72. The van der Waals surface area contributed by atoms with E-state index in [1.54, 1.807) is 49.6 Å². The highest BCUT2D eigenvalue weighted by molar-refractivity contribution is 6.02. The third-order valence-electron chi connectivity index (χ3n) is 4.05. The number of carbonyl (C=O) groups is 2. The second-order valence-electron chi connectivity index (χ2n) is 6.26. The lowest BCUT2D eigenvalue weighted by molar-refractivity contribution is -0.118. The Hall–Kier alpha value is -4.00. The summed E-state index contributed by atoms with van der Waals surface area (Å²) in [7, 11) is 1.55. The van der Waals surface area contributed by atoms with Gasteiger partial charge >= 0.3 is 0 Å². The maximum absolute atomic E-state index is 12.3. The molecule has 0 radical (unpaired) electrons. The Morgan fingerprint density at radius 1 is 1.00 bits per heavy atom. The minimum Gasteiger partial charge on any atom is -0.493 e. The van der Waals surface area contributed by atoms with Gasteiger partial charge in [-0.2, -0.15) is 0 Å². The van der Waals surface area contributed by atoms with Crippen LogP contribution in [0.3, 0.4) is 0 Å². The van der Waals surface area contributed by atoms with Crippen LogP contribution in [0.1, 0.15) is 23.0 Å². The SMILES string of the molecule is C/C=C/c1ccc(OCC(=O)Nc2cccc(NC(=O)c3ccco3)c2)c(OC)c1. The predicted molar refractivity (Wildman–Crippen MR) is 115 cm³/mol. The number of benzene rings is 2. The lowest BCUT2D eigenvalue weighted by Crippen LogP contribution is -2.20. The van der Waals surface area contributed by atoms with Crippen molar-refractivity contribution in [3.8, 4) is 11.5 Å². The third-order valence-corrected chi connectivity index (χ3v) is 4.05.